The molecule has 0 aliphatic heterocycles. The summed E-state index contributed by atoms with van der Waals surface area (Å²) in [7, 11) is 0. The maximum atomic E-state index is 13.1. The number of hydrogen-bond acceptors (Lipinski definition) is 3. The number of rotatable bonds is 8. The highest BCUT2D eigenvalue weighted by atomic mass is 19.1. The van der Waals surface area contributed by atoms with E-state index in [4.69, 9.17) is 10.00 Å². The van der Waals surface area contributed by atoms with Gasteiger partial charge in [0.15, 0.2) is 0 Å². The minimum atomic E-state index is -0.381. The van der Waals surface area contributed by atoms with Crippen molar-refractivity contribution in [2.75, 3.05) is 19.8 Å². The summed E-state index contributed by atoms with van der Waals surface area (Å²) in [5, 5.41) is 11.8. The van der Waals surface area contributed by atoms with Gasteiger partial charge in [-0.15, -0.1) is 6.58 Å². The third kappa shape index (κ3) is 5.58. The molecule has 0 bridgehead atoms. The lowest BCUT2D eigenvalue weighted by molar-refractivity contribution is 0.140. The van der Waals surface area contributed by atoms with Crippen molar-refractivity contribution in [1.29, 1.82) is 5.26 Å². The first-order valence-corrected chi connectivity index (χ1v) is 5.85. The molecule has 18 heavy (non-hydrogen) atoms. The summed E-state index contributed by atoms with van der Waals surface area (Å²) in [4.78, 5) is 0. The fourth-order valence-electron chi connectivity index (χ4n) is 1.46. The molecule has 0 radical (unpaired) electrons. The summed E-state index contributed by atoms with van der Waals surface area (Å²) in [5.74, 6) is -0.381. The minimum Gasteiger partial charge on any atom is -0.380 e. The van der Waals surface area contributed by atoms with Gasteiger partial charge in [-0.1, -0.05) is 6.08 Å². The highest BCUT2D eigenvalue weighted by Crippen LogP contribution is 2.08. The lowest BCUT2D eigenvalue weighted by Crippen LogP contribution is -2.19. The number of nitrogens with one attached hydrogen (secondary N) is 1. The van der Waals surface area contributed by atoms with Gasteiger partial charge in [-0.25, -0.2) is 4.39 Å². The predicted octanol–water partition coefficient (Wildman–Crippen LogP) is 2.38. The summed E-state index contributed by atoms with van der Waals surface area (Å²) in [6.45, 7) is 6.09. The number of hydrogen-bond donors (Lipinski definition) is 1. The van der Waals surface area contributed by atoms with Crippen LogP contribution in [0.4, 0.5) is 4.39 Å². The Balaban J connectivity index is 2.25. The molecule has 0 saturated carbocycles. The zero-order valence-electron chi connectivity index (χ0n) is 10.3. The largest absolute Gasteiger partial charge is 0.380 e. The van der Waals surface area contributed by atoms with Crippen LogP contribution >= 0.6 is 0 Å². The van der Waals surface area contributed by atoms with Crippen LogP contribution in [-0.2, 0) is 11.3 Å². The lowest BCUT2D eigenvalue weighted by Gasteiger charge is -2.06. The van der Waals surface area contributed by atoms with Gasteiger partial charge in [0.2, 0.25) is 0 Å². The monoisotopic (exact) mass is 248 g/mol. The molecule has 1 aromatic rings. The number of ether oxygens (including phenoxy) is 1. The van der Waals surface area contributed by atoms with Crippen molar-refractivity contribution in [3.8, 4) is 6.07 Å². The van der Waals surface area contributed by atoms with Gasteiger partial charge < -0.3 is 10.1 Å². The molecule has 0 fully saturated rings. The van der Waals surface area contributed by atoms with E-state index in [2.05, 4.69) is 11.9 Å². The summed E-state index contributed by atoms with van der Waals surface area (Å²) in [5.41, 5.74) is 1.10. The molecule has 0 spiro atoms. The molecular formula is C14H17FN2O. The van der Waals surface area contributed by atoms with E-state index in [1.165, 1.54) is 12.1 Å². The van der Waals surface area contributed by atoms with Crippen LogP contribution in [0, 0.1) is 17.1 Å². The second kappa shape index (κ2) is 8.40. The fraction of sp³-hybridized carbons (Fsp3) is 0.357. The first-order chi connectivity index (χ1) is 8.76. The van der Waals surface area contributed by atoms with Crippen molar-refractivity contribution in [2.45, 2.75) is 13.0 Å². The average molecular weight is 248 g/mol. The van der Waals surface area contributed by atoms with Gasteiger partial charge in [0.1, 0.15) is 5.82 Å². The first-order valence-electron chi connectivity index (χ1n) is 5.85. The van der Waals surface area contributed by atoms with Crippen LogP contribution in [0.1, 0.15) is 17.5 Å². The maximum absolute atomic E-state index is 13.1. The van der Waals surface area contributed by atoms with Crippen LogP contribution in [0.25, 0.3) is 0 Å². The molecule has 0 heterocycles. The number of nitriles is 1. The quantitative estimate of drug-likeness (QED) is 0.567. The Morgan fingerprint density at radius 1 is 1.39 bits per heavy atom. The standard InChI is InChI=1S/C14H17FN2O/c1-2-3-5-18-6-4-17-11-13-7-12(10-16)8-14(15)9-13/h2,7-9,17H,1,3-6,11H2. The van der Waals surface area contributed by atoms with Gasteiger partial charge in [-0.3, -0.25) is 0 Å². The minimum absolute atomic E-state index is 0.342. The van der Waals surface area contributed by atoms with Crippen molar-refractivity contribution in [2.24, 2.45) is 0 Å². The van der Waals surface area contributed by atoms with E-state index in [9.17, 15) is 4.39 Å². The molecule has 0 aliphatic carbocycles. The van der Waals surface area contributed by atoms with Crippen molar-refractivity contribution in [3.05, 3.63) is 47.8 Å². The molecular weight excluding hydrogens is 231 g/mol. The Morgan fingerprint density at radius 3 is 2.94 bits per heavy atom. The average Bonchev–Trinajstić information content (AvgIpc) is 2.37. The van der Waals surface area contributed by atoms with Gasteiger partial charge in [-0.05, 0) is 30.2 Å². The number of benzene rings is 1. The van der Waals surface area contributed by atoms with Crippen LogP contribution in [0.2, 0.25) is 0 Å². The van der Waals surface area contributed by atoms with Gasteiger partial charge >= 0.3 is 0 Å². The molecule has 4 heteroatoms. The maximum Gasteiger partial charge on any atom is 0.124 e. The van der Waals surface area contributed by atoms with Crippen LogP contribution < -0.4 is 5.32 Å². The van der Waals surface area contributed by atoms with Crippen LogP contribution in [0.5, 0.6) is 0 Å². The molecule has 1 aromatic carbocycles. The highest BCUT2D eigenvalue weighted by Gasteiger charge is 2.00. The summed E-state index contributed by atoms with van der Waals surface area (Å²) >= 11 is 0. The predicted molar refractivity (Wildman–Crippen MR) is 68.5 cm³/mol. The molecule has 1 rings (SSSR count). The van der Waals surface area contributed by atoms with E-state index in [0.717, 1.165) is 12.0 Å². The van der Waals surface area contributed by atoms with Crippen LogP contribution in [-0.4, -0.2) is 19.8 Å². The fourth-order valence-corrected chi connectivity index (χ4v) is 1.46. The van der Waals surface area contributed by atoms with E-state index in [-0.39, 0.29) is 5.82 Å². The Labute approximate surface area is 107 Å². The van der Waals surface area contributed by atoms with E-state index in [0.29, 0.717) is 31.9 Å². The molecule has 0 unspecified atom stereocenters. The molecule has 96 valence electrons. The van der Waals surface area contributed by atoms with Gasteiger partial charge in [0.05, 0.1) is 24.8 Å². The Hall–Kier alpha value is -1.70. The van der Waals surface area contributed by atoms with E-state index >= 15 is 0 Å². The van der Waals surface area contributed by atoms with Crippen molar-refractivity contribution in [3.63, 3.8) is 0 Å². The Bertz CT molecular complexity index is 426. The van der Waals surface area contributed by atoms with Crippen LogP contribution in [0.15, 0.2) is 30.9 Å². The van der Waals surface area contributed by atoms with E-state index in [1.54, 1.807) is 6.07 Å². The zero-order chi connectivity index (χ0) is 13.2. The molecule has 0 amide bonds. The summed E-state index contributed by atoms with van der Waals surface area (Å²) < 4.78 is 18.4. The highest BCUT2D eigenvalue weighted by molar-refractivity contribution is 5.33. The summed E-state index contributed by atoms with van der Waals surface area (Å²) in [6.07, 6.45) is 2.65. The molecule has 0 aromatic heterocycles. The van der Waals surface area contributed by atoms with E-state index in [1.807, 2.05) is 12.1 Å². The second-order valence-electron chi connectivity index (χ2n) is 3.83. The Kier molecular flexibility index (Phi) is 6.70. The molecule has 0 atom stereocenters. The molecule has 3 nitrogen and oxygen atoms in total. The topological polar surface area (TPSA) is 45.0 Å². The van der Waals surface area contributed by atoms with Gasteiger partial charge in [0, 0.05) is 13.1 Å². The molecule has 1 N–H and O–H groups in total. The third-order valence-electron chi connectivity index (χ3n) is 2.31. The van der Waals surface area contributed by atoms with Crippen molar-refractivity contribution < 1.29 is 9.13 Å². The van der Waals surface area contributed by atoms with E-state index < -0.39 is 0 Å². The van der Waals surface area contributed by atoms with Crippen molar-refractivity contribution >= 4 is 0 Å². The first kappa shape index (κ1) is 14.4. The molecule has 0 saturated heterocycles. The third-order valence-corrected chi connectivity index (χ3v) is 2.31. The van der Waals surface area contributed by atoms with Gasteiger partial charge in [-0.2, -0.15) is 5.26 Å². The lowest BCUT2D eigenvalue weighted by atomic mass is 10.1. The summed E-state index contributed by atoms with van der Waals surface area (Å²) in [6, 6.07) is 6.25. The normalized spacial score (nSPS) is 10.0. The number of halogens is 1. The second-order valence-corrected chi connectivity index (χ2v) is 3.83. The van der Waals surface area contributed by atoms with Gasteiger partial charge in [0.25, 0.3) is 0 Å². The zero-order valence-corrected chi connectivity index (χ0v) is 10.3. The SMILES string of the molecule is C=CCCOCCNCc1cc(F)cc(C#N)c1. The number of nitrogens with zero attached hydrogens (tertiary/aromatic N) is 1. The molecule has 0 aliphatic rings. The Morgan fingerprint density at radius 2 is 2.22 bits per heavy atom. The smallest absolute Gasteiger partial charge is 0.124 e. The van der Waals surface area contributed by atoms with Crippen LogP contribution in [0.3, 0.4) is 0 Å². The van der Waals surface area contributed by atoms with Crippen molar-refractivity contribution in [1.82, 2.24) is 5.32 Å².